The molecule has 0 amide bonds. The first-order chi connectivity index (χ1) is 10.3. The molecule has 4 aromatic rings. The maximum absolute atomic E-state index is 4.64. The SMILES string of the molecule is Cc1ccc2sc(Nc3ccc4ncccc4c3)nc2c1. The molecule has 4 heteroatoms. The van der Waals surface area contributed by atoms with Gasteiger partial charge in [-0.25, -0.2) is 4.98 Å². The van der Waals surface area contributed by atoms with Gasteiger partial charge < -0.3 is 5.32 Å². The lowest BCUT2D eigenvalue weighted by molar-refractivity contribution is 1.40. The summed E-state index contributed by atoms with van der Waals surface area (Å²) in [6, 6.07) is 16.5. The third-order valence-corrected chi connectivity index (χ3v) is 4.35. The van der Waals surface area contributed by atoms with Gasteiger partial charge in [-0.3, -0.25) is 4.98 Å². The molecule has 0 saturated heterocycles. The van der Waals surface area contributed by atoms with Crippen LogP contribution in [0.5, 0.6) is 0 Å². The van der Waals surface area contributed by atoms with Crippen molar-refractivity contribution in [3.8, 4) is 0 Å². The number of aryl methyl sites for hydroxylation is 1. The van der Waals surface area contributed by atoms with Gasteiger partial charge in [0.15, 0.2) is 5.13 Å². The van der Waals surface area contributed by atoms with Crippen molar-refractivity contribution in [3.05, 3.63) is 60.3 Å². The summed E-state index contributed by atoms with van der Waals surface area (Å²) in [5, 5.41) is 5.42. The highest BCUT2D eigenvalue weighted by Gasteiger charge is 2.05. The van der Waals surface area contributed by atoms with Gasteiger partial charge in [-0.2, -0.15) is 0 Å². The number of fused-ring (bicyclic) bond motifs is 2. The van der Waals surface area contributed by atoms with Crippen molar-refractivity contribution in [3.63, 3.8) is 0 Å². The van der Waals surface area contributed by atoms with E-state index in [1.165, 1.54) is 10.3 Å². The third kappa shape index (κ3) is 2.34. The van der Waals surface area contributed by atoms with Crippen LogP contribution in [0, 0.1) is 6.92 Å². The molecular weight excluding hydrogens is 278 g/mol. The van der Waals surface area contributed by atoms with Gasteiger partial charge in [-0.05, 0) is 48.9 Å². The lowest BCUT2D eigenvalue weighted by atomic mass is 10.2. The van der Waals surface area contributed by atoms with Gasteiger partial charge in [0.2, 0.25) is 0 Å². The Bertz CT molecular complexity index is 943. The first-order valence-corrected chi connectivity index (χ1v) is 7.59. The topological polar surface area (TPSA) is 37.8 Å². The Morgan fingerprint density at radius 1 is 1.00 bits per heavy atom. The smallest absolute Gasteiger partial charge is 0.188 e. The number of aromatic nitrogens is 2. The predicted octanol–water partition coefficient (Wildman–Crippen LogP) is 4.90. The standard InChI is InChI=1S/C17H13N3S/c1-11-4-7-16-15(9-11)20-17(21-16)19-13-5-6-14-12(10-13)3-2-8-18-14/h2-10H,1H3,(H,19,20). The van der Waals surface area contributed by atoms with Crippen LogP contribution in [0.3, 0.4) is 0 Å². The molecule has 2 heterocycles. The molecule has 2 aromatic heterocycles. The predicted molar refractivity (Wildman–Crippen MR) is 89.4 cm³/mol. The van der Waals surface area contributed by atoms with Crippen LogP contribution in [0.15, 0.2) is 54.7 Å². The van der Waals surface area contributed by atoms with Gasteiger partial charge in [0.25, 0.3) is 0 Å². The fourth-order valence-corrected chi connectivity index (χ4v) is 3.23. The quantitative estimate of drug-likeness (QED) is 0.571. The Morgan fingerprint density at radius 3 is 2.90 bits per heavy atom. The van der Waals surface area contributed by atoms with Crippen LogP contribution < -0.4 is 5.32 Å². The normalized spacial score (nSPS) is 11.1. The molecule has 0 bridgehead atoms. The molecule has 3 nitrogen and oxygen atoms in total. The van der Waals surface area contributed by atoms with Crippen molar-refractivity contribution in [1.29, 1.82) is 0 Å². The number of benzene rings is 2. The van der Waals surface area contributed by atoms with Crippen molar-refractivity contribution in [2.24, 2.45) is 0 Å². The van der Waals surface area contributed by atoms with Gasteiger partial charge in [0.05, 0.1) is 15.7 Å². The number of rotatable bonds is 2. The summed E-state index contributed by atoms with van der Waals surface area (Å²) in [4.78, 5) is 8.97. The van der Waals surface area contributed by atoms with E-state index in [-0.39, 0.29) is 0 Å². The zero-order valence-electron chi connectivity index (χ0n) is 11.5. The van der Waals surface area contributed by atoms with Crippen LogP contribution >= 0.6 is 11.3 Å². The highest BCUT2D eigenvalue weighted by atomic mass is 32.1. The van der Waals surface area contributed by atoms with Crippen molar-refractivity contribution in [2.75, 3.05) is 5.32 Å². The maximum atomic E-state index is 4.64. The van der Waals surface area contributed by atoms with E-state index in [1.54, 1.807) is 11.3 Å². The van der Waals surface area contributed by atoms with E-state index in [4.69, 9.17) is 0 Å². The van der Waals surface area contributed by atoms with E-state index in [1.807, 2.05) is 24.4 Å². The van der Waals surface area contributed by atoms with Gasteiger partial charge in [0, 0.05) is 17.3 Å². The average Bonchev–Trinajstić information content (AvgIpc) is 2.88. The second-order valence-corrected chi connectivity index (χ2v) is 6.06. The van der Waals surface area contributed by atoms with Gasteiger partial charge in [-0.1, -0.05) is 23.5 Å². The highest BCUT2D eigenvalue weighted by Crippen LogP contribution is 2.29. The number of hydrogen-bond donors (Lipinski definition) is 1. The van der Waals surface area contributed by atoms with E-state index in [0.29, 0.717) is 0 Å². The molecular formula is C17H13N3S. The van der Waals surface area contributed by atoms with E-state index >= 15 is 0 Å². The van der Waals surface area contributed by atoms with Crippen molar-refractivity contribution >= 4 is 43.3 Å². The first kappa shape index (κ1) is 12.3. The van der Waals surface area contributed by atoms with E-state index in [0.717, 1.165) is 27.2 Å². The van der Waals surface area contributed by atoms with Gasteiger partial charge >= 0.3 is 0 Å². The van der Waals surface area contributed by atoms with Crippen molar-refractivity contribution < 1.29 is 0 Å². The van der Waals surface area contributed by atoms with Crippen molar-refractivity contribution in [1.82, 2.24) is 9.97 Å². The van der Waals surface area contributed by atoms with Crippen molar-refractivity contribution in [2.45, 2.75) is 6.92 Å². The number of anilines is 2. The summed E-state index contributed by atoms with van der Waals surface area (Å²) in [6.07, 6.45) is 1.81. The van der Waals surface area contributed by atoms with Gasteiger partial charge in [0.1, 0.15) is 0 Å². The zero-order valence-corrected chi connectivity index (χ0v) is 12.3. The Labute approximate surface area is 126 Å². The van der Waals surface area contributed by atoms with Crippen LogP contribution in [-0.4, -0.2) is 9.97 Å². The summed E-state index contributed by atoms with van der Waals surface area (Å²) in [7, 11) is 0. The maximum Gasteiger partial charge on any atom is 0.188 e. The second-order valence-electron chi connectivity index (χ2n) is 5.03. The Hall–Kier alpha value is -2.46. The molecule has 0 unspecified atom stereocenters. The van der Waals surface area contributed by atoms with E-state index < -0.39 is 0 Å². The average molecular weight is 291 g/mol. The summed E-state index contributed by atoms with van der Waals surface area (Å²) < 4.78 is 1.20. The minimum atomic E-state index is 0.916. The van der Waals surface area contributed by atoms with E-state index in [2.05, 4.69) is 52.5 Å². The molecule has 0 spiro atoms. The second kappa shape index (κ2) is 4.82. The van der Waals surface area contributed by atoms with Crippen LogP contribution in [0.2, 0.25) is 0 Å². The largest absolute Gasteiger partial charge is 0.332 e. The zero-order chi connectivity index (χ0) is 14.2. The van der Waals surface area contributed by atoms with Gasteiger partial charge in [-0.15, -0.1) is 0 Å². The number of nitrogens with one attached hydrogen (secondary N) is 1. The molecule has 0 aliphatic rings. The minimum absolute atomic E-state index is 0.916. The molecule has 0 aliphatic heterocycles. The number of pyridine rings is 1. The number of nitrogens with zero attached hydrogens (tertiary/aromatic N) is 2. The molecule has 0 radical (unpaired) electrons. The lowest BCUT2D eigenvalue weighted by Crippen LogP contribution is -1.89. The lowest BCUT2D eigenvalue weighted by Gasteiger charge is -2.03. The van der Waals surface area contributed by atoms with Crippen LogP contribution in [0.4, 0.5) is 10.8 Å². The molecule has 0 atom stereocenters. The summed E-state index contributed by atoms with van der Waals surface area (Å²) in [5.41, 5.74) is 4.32. The van der Waals surface area contributed by atoms with Crippen LogP contribution in [-0.2, 0) is 0 Å². The summed E-state index contributed by atoms with van der Waals surface area (Å²) in [6.45, 7) is 2.09. The molecule has 0 saturated carbocycles. The Morgan fingerprint density at radius 2 is 1.95 bits per heavy atom. The number of thiazole rings is 1. The fourth-order valence-electron chi connectivity index (χ4n) is 2.37. The number of hydrogen-bond acceptors (Lipinski definition) is 4. The molecule has 2 aromatic carbocycles. The molecule has 1 N–H and O–H groups in total. The third-order valence-electron chi connectivity index (χ3n) is 3.40. The highest BCUT2D eigenvalue weighted by molar-refractivity contribution is 7.22. The Kier molecular flexibility index (Phi) is 2.82. The first-order valence-electron chi connectivity index (χ1n) is 6.77. The Balaban J connectivity index is 1.71. The molecule has 0 aliphatic carbocycles. The van der Waals surface area contributed by atoms with Crippen LogP contribution in [0.25, 0.3) is 21.1 Å². The fraction of sp³-hybridized carbons (Fsp3) is 0.0588. The summed E-state index contributed by atoms with van der Waals surface area (Å²) >= 11 is 1.67. The minimum Gasteiger partial charge on any atom is -0.332 e. The molecule has 21 heavy (non-hydrogen) atoms. The molecule has 102 valence electrons. The molecule has 4 rings (SSSR count). The summed E-state index contributed by atoms with van der Waals surface area (Å²) in [5.74, 6) is 0. The van der Waals surface area contributed by atoms with Crippen LogP contribution in [0.1, 0.15) is 5.56 Å². The van der Waals surface area contributed by atoms with E-state index in [9.17, 15) is 0 Å². The molecule has 0 fully saturated rings. The monoisotopic (exact) mass is 291 g/mol.